The number of halogens is 2. The van der Waals surface area contributed by atoms with Crippen molar-refractivity contribution in [2.45, 2.75) is 91.4 Å². The molecule has 0 amide bonds. The first-order valence-corrected chi connectivity index (χ1v) is 17.1. The summed E-state index contributed by atoms with van der Waals surface area (Å²) in [7, 11) is 2.17. The largest absolute Gasteiger partial charge is 1.00 e. The second kappa shape index (κ2) is 33.6. The Labute approximate surface area is 315 Å². The van der Waals surface area contributed by atoms with Gasteiger partial charge in [0.1, 0.15) is 0 Å². The Morgan fingerprint density at radius 3 is 1.00 bits per heavy atom. The summed E-state index contributed by atoms with van der Waals surface area (Å²) in [6, 6.07) is 15.4. The number of hydrogen-bond donors (Lipinski definition) is 0. The van der Waals surface area contributed by atoms with Gasteiger partial charge < -0.3 is 36.3 Å². The van der Waals surface area contributed by atoms with E-state index in [1.165, 1.54) is 11.1 Å². The first-order chi connectivity index (χ1) is 17.8. The van der Waals surface area contributed by atoms with Crippen molar-refractivity contribution >= 4 is 30.4 Å². The van der Waals surface area contributed by atoms with Gasteiger partial charge in [-0.1, -0.05) is 116 Å². The third-order valence-corrected chi connectivity index (χ3v) is 4.63. The zero-order valence-electron chi connectivity index (χ0n) is 27.3. The van der Waals surface area contributed by atoms with E-state index in [2.05, 4.69) is 104 Å². The molecule has 2 aromatic carbocycles. The van der Waals surface area contributed by atoms with Crippen molar-refractivity contribution in [3.05, 3.63) is 120 Å². The molecule has 0 fully saturated rings. The predicted octanol–water partition coefficient (Wildman–Crippen LogP) is 5.52. The van der Waals surface area contributed by atoms with E-state index in [4.69, 9.17) is 11.5 Å². The Kier molecular flexibility index (Phi) is 43.5. The second-order valence-corrected chi connectivity index (χ2v) is 12.7. The second-order valence-electron chi connectivity index (χ2n) is 10.7. The summed E-state index contributed by atoms with van der Waals surface area (Å²) >= 11 is 0. The first kappa shape index (κ1) is 54.2. The minimum absolute atomic E-state index is 0. The van der Waals surface area contributed by atoms with Crippen LogP contribution < -0.4 is 24.8 Å². The smallest absolute Gasteiger partial charge is 0.0307 e. The molecule has 0 bridgehead atoms. The average Bonchev–Trinajstić information content (AvgIpc) is 3.59. The quantitative estimate of drug-likeness (QED) is 0.247. The van der Waals surface area contributed by atoms with E-state index in [0.717, 1.165) is 31.9 Å². The van der Waals surface area contributed by atoms with Gasteiger partial charge in [0.25, 0.3) is 0 Å². The molecule has 0 unspecified atom stereocenters. The van der Waals surface area contributed by atoms with Gasteiger partial charge in [0.2, 0.25) is 0 Å². The molecule has 0 saturated carbocycles. The van der Waals surface area contributed by atoms with Crippen LogP contribution in [0.3, 0.4) is 0 Å². The molecule has 42 heavy (non-hydrogen) atoms. The molecule has 0 saturated heterocycles. The van der Waals surface area contributed by atoms with Gasteiger partial charge in [-0.3, -0.25) is 12.2 Å². The van der Waals surface area contributed by atoms with E-state index < -0.39 is 0 Å². The van der Waals surface area contributed by atoms with Gasteiger partial charge in [0.15, 0.2) is 0 Å². The van der Waals surface area contributed by atoms with Gasteiger partial charge in [-0.05, 0) is 22.0 Å². The number of rotatable bonds is 0. The maximum Gasteiger partial charge on any atom is 0.0307 e. The number of nitrogens with one attached hydrogen (secondary N) is 2. The minimum Gasteiger partial charge on any atom is -1.00 e. The standard InChI is InChI=1S/2C10H14N.2C5H5.2C2H6Si.2ClH.2Hf/c2*1-10(2,3)8-5-4-6-9(11)7-8;2*1-2-4-5-3-1;2*1-3-2;;;;/h2*4-7,11H,1-3H3;2*1-3H,4H2;2*1-2H3;2*1H;;/q4*-1;;;;;;/p-2. The molecule has 0 heterocycles. The zero-order valence-corrected chi connectivity index (χ0v) is 38.0. The summed E-state index contributed by atoms with van der Waals surface area (Å²) in [5.74, 6) is 0. The molecule has 2 N–H and O–H groups in total. The van der Waals surface area contributed by atoms with Crippen LogP contribution in [0.1, 0.15) is 65.5 Å². The fraction of sp³-hybridized carbons (Fsp3) is 0.412. The van der Waals surface area contributed by atoms with Crippen LogP contribution in [0.15, 0.2) is 85.0 Å². The summed E-state index contributed by atoms with van der Waals surface area (Å²) < 4.78 is 0. The van der Waals surface area contributed by atoms with Crippen molar-refractivity contribution in [2.75, 3.05) is 0 Å². The van der Waals surface area contributed by atoms with Crippen LogP contribution in [0.2, 0.25) is 26.2 Å². The molecule has 4 rings (SSSR count). The Morgan fingerprint density at radius 1 is 0.595 bits per heavy atom. The van der Waals surface area contributed by atoms with Crippen molar-refractivity contribution in [3.63, 3.8) is 0 Å². The molecule has 2 aliphatic rings. The monoisotopic (exact) mass is 972 g/mol. The molecular formula is C34H50Cl2Hf2N2Si2-6. The minimum atomic E-state index is 0. The maximum absolute atomic E-state index is 7.42. The predicted molar refractivity (Wildman–Crippen MR) is 176 cm³/mol. The van der Waals surface area contributed by atoms with Crippen molar-refractivity contribution in [3.8, 4) is 0 Å². The maximum atomic E-state index is 7.42. The fourth-order valence-electron chi connectivity index (χ4n) is 2.65. The molecule has 0 atom stereocenters. The van der Waals surface area contributed by atoms with E-state index in [1.807, 2.05) is 48.6 Å². The molecule has 2 aromatic rings. The summed E-state index contributed by atoms with van der Waals surface area (Å²) in [6.07, 6.45) is 20.0. The van der Waals surface area contributed by atoms with Gasteiger partial charge in [0.05, 0.1) is 0 Å². The molecule has 4 radical (unpaired) electrons. The van der Waals surface area contributed by atoms with Crippen LogP contribution in [0.4, 0.5) is 11.4 Å². The van der Waals surface area contributed by atoms with Crippen LogP contribution in [-0.2, 0) is 62.5 Å². The van der Waals surface area contributed by atoms with E-state index in [0.29, 0.717) is 11.4 Å². The fourth-order valence-corrected chi connectivity index (χ4v) is 2.65. The number of benzene rings is 2. The summed E-state index contributed by atoms with van der Waals surface area (Å²) in [4.78, 5) is 0. The van der Waals surface area contributed by atoms with Crippen molar-refractivity contribution in [1.29, 1.82) is 0 Å². The molecule has 0 spiro atoms. The van der Waals surface area contributed by atoms with E-state index in [9.17, 15) is 0 Å². The van der Waals surface area contributed by atoms with Crippen molar-refractivity contribution < 1.29 is 76.5 Å². The van der Waals surface area contributed by atoms with E-state index >= 15 is 0 Å². The van der Waals surface area contributed by atoms with Gasteiger partial charge in [0, 0.05) is 70.7 Å². The van der Waals surface area contributed by atoms with Gasteiger partial charge in [-0.15, -0.1) is 24.2 Å². The van der Waals surface area contributed by atoms with Crippen LogP contribution >= 0.6 is 0 Å². The molecule has 8 heteroatoms. The Hall–Kier alpha value is -0.246. The third-order valence-electron chi connectivity index (χ3n) is 4.63. The zero-order chi connectivity index (χ0) is 29.5. The summed E-state index contributed by atoms with van der Waals surface area (Å²) in [5.41, 5.74) is 18.8. The van der Waals surface area contributed by atoms with Gasteiger partial charge in [-0.25, -0.2) is 24.3 Å². The molecule has 2 aliphatic carbocycles. The van der Waals surface area contributed by atoms with Crippen molar-refractivity contribution in [2.24, 2.45) is 0 Å². The Balaban J connectivity index is -0.0000000974. The number of allylic oxidation sites excluding steroid dienone is 8. The van der Waals surface area contributed by atoms with Crippen molar-refractivity contribution in [1.82, 2.24) is 0 Å². The average molecular weight is 971 g/mol. The van der Waals surface area contributed by atoms with E-state index in [1.54, 1.807) is 12.1 Å². The topological polar surface area (TPSA) is 47.6 Å². The summed E-state index contributed by atoms with van der Waals surface area (Å²) in [6.45, 7) is 21.5. The first-order valence-electron chi connectivity index (χ1n) is 13.1. The normalized spacial score (nSPS) is 11.1. The van der Waals surface area contributed by atoms with Gasteiger partial charge >= 0.3 is 0 Å². The molecule has 232 valence electrons. The van der Waals surface area contributed by atoms with Crippen LogP contribution in [0, 0.1) is 12.2 Å². The molecular weight excluding hydrogens is 920 g/mol. The number of hydrogen-bond acceptors (Lipinski definition) is 0. The Bertz CT molecular complexity index is 882. The Morgan fingerprint density at radius 2 is 0.881 bits per heavy atom. The van der Waals surface area contributed by atoms with Gasteiger partial charge in [-0.2, -0.15) is 12.2 Å². The molecule has 0 aliphatic heterocycles. The van der Waals surface area contributed by atoms with Crippen LogP contribution in [-0.4, -0.2) is 19.0 Å². The van der Waals surface area contributed by atoms with Crippen LogP contribution in [0.25, 0.3) is 11.5 Å². The molecule has 2 nitrogen and oxygen atoms in total. The third kappa shape index (κ3) is 34.2. The van der Waals surface area contributed by atoms with E-state index in [-0.39, 0.29) is 87.3 Å². The summed E-state index contributed by atoms with van der Waals surface area (Å²) in [5, 5.41) is 0. The molecule has 0 aromatic heterocycles. The van der Waals surface area contributed by atoms with Crippen LogP contribution in [0.5, 0.6) is 0 Å². The SMILES string of the molecule is CC(C)(C)c1cccc([NH-])c1.CC(C)(C)c1cccc([NH-])c1.C[Si]C.C[Si]C.[C-]1=CC=CC1.[C-]1=CC=CC1.[Cl-].[Cl-].[Hf].[Hf].